The smallest absolute Gasteiger partial charge is 0.251 e. The number of aryl methyl sites for hydroxylation is 2. The zero-order valence-corrected chi connectivity index (χ0v) is 18.4. The summed E-state index contributed by atoms with van der Waals surface area (Å²) >= 11 is 0. The lowest BCUT2D eigenvalue weighted by atomic mass is 9.52. The SMILES string of the molecule is CCc1cc(C(=O)c2cccn2CC)ccc1C(=O)NC1C2CC3CC1CC(O)(C3)C2. The Morgan fingerprint density at radius 2 is 1.87 bits per heavy atom. The molecule has 1 heterocycles. The molecule has 31 heavy (non-hydrogen) atoms. The predicted molar refractivity (Wildman–Crippen MR) is 119 cm³/mol. The maximum Gasteiger partial charge on any atom is 0.251 e. The van der Waals surface area contributed by atoms with Crippen molar-refractivity contribution in [3.05, 3.63) is 58.9 Å². The van der Waals surface area contributed by atoms with Crippen LogP contribution in [0.4, 0.5) is 0 Å². The highest BCUT2D eigenvalue weighted by Crippen LogP contribution is 2.55. The summed E-state index contributed by atoms with van der Waals surface area (Å²) in [4.78, 5) is 26.2. The van der Waals surface area contributed by atoms with Crippen LogP contribution in [0.25, 0.3) is 0 Å². The minimum atomic E-state index is -0.496. The van der Waals surface area contributed by atoms with Crippen molar-refractivity contribution in [3.63, 3.8) is 0 Å². The molecule has 2 unspecified atom stereocenters. The molecule has 0 spiro atoms. The summed E-state index contributed by atoms with van der Waals surface area (Å²) in [7, 11) is 0. The number of ketones is 1. The molecular formula is C26H32N2O3. The molecule has 1 aromatic carbocycles. The van der Waals surface area contributed by atoms with Crippen LogP contribution in [0.2, 0.25) is 0 Å². The number of nitrogens with one attached hydrogen (secondary N) is 1. The fourth-order valence-electron chi connectivity index (χ4n) is 6.74. The normalized spacial score (nSPS) is 31.1. The van der Waals surface area contributed by atoms with Gasteiger partial charge in [0.1, 0.15) is 0 Å². The van der Waals surface area contributed by atoms with E-state index in [0.29, 0.717) is 41.0 Å². The van der Waals surface area contributed by atoms with Crippen molar-refractivity contribution in [3.8, 4) is 0 Å². The Morgan fingerprint density at radius 1 is 1.13 bits per heavy atom. The van der Waals surface area contributed by atoms with E-state index >= 15 is 0 Å². The summed E-state index contributed by atoms with van der Waals surface area (Å²) < 4.78 is 1.94. The summed E-state index contributed by atoms with van der Waals surface area (Å²) in [6.07, 6.45) is 7.42. The zero-order valence-electron chi connectivity index (χ0n) is 18.4. The van der Waals surface area contributed by atoms with Crippen molar-refractivity contribution in [2.45, 2.75) is 70.6 Å². The summed E-state index contributed by atoms with van der Waals surface area (Å²) in [5.41, 5.74) is 2.37. The third-order valence-electron chi connectivity index (χ3n) is 7.93. The van der Waals surface area contributed by atoms with Gasteiger partial charge in [-0.25, -0.2) is 0 Å². The van der Waals surface area contributed by atoms with Gasteiger partial charge in [0.05, 0.1) is 11.3 Å². The molecule has 0 radical (unpaired) electrons. The van der Waals surface area contributed by atoms with Crippen LogP contribution in [0.15, 0.2) is 36.5 Å². The van der Waals surface area contributed by atoms with Crippen molar-refractivity contribution in [2.75, 3.05) is 0 Å². The topological polar surface area (TPSA) is 71.3 Å². The fourth-order valence-corrected chi connectivity index (χ4v) is 6.74. The van der Waals surface area contributed by atoms with E-state index in [4.69, 9.17) is 0 Å². The van der Waals surface area contributed by atoms with Crippen LogP contribution in [-0.2, 0) is 13.0 Å². The van der Waals surface area contributed by atoms with Gasteiger partial charge in [-0.2, -0.15) is 0 Å². The molecule has 0 aliphatic heterocycles. The lowest BCUT2D eigenvalue weighted by molar-refractivity contribution is -0.136. The number of carbonyl (C=O) groups is 2. The average Bonchev–Trinajstić information content (AvgIpc) is 3.23. The van der Waals surface area contributed by atoms with E-state index in [9.17, 15) is 14.7 Å². The molecule has 4 aliphatic carbocycles. The average molecular weight is 421 g/mol. The fraction of sp³-hybridized carbons (Fsp3) is 0.538. The van der Waals surface area contributed by atoms with Crippen molar-refractivity contribution in [2.24, 2.45) is 17.8 Å². The summed E-state index contributed by atoms with van der Waals surface area (Å²) in [6.45, 7) is 4.78. The highest BCUT2D eigenvalue weighted by molar-refractivity contribution is 6.09. The Morgan fingerprint density at radius 3 is 2.52 bits per heavy atom. The lowest BCUT2D eigenvalue weighted by Gasteiger charge is -2.58. The molecule has 2 N–H and O–H groups in total. The molecule has 1 amide bonds. The van der Waals surface area contributed by atoms with Gasteiger partial charge in [-0.1, -0.05) is 13.0 Å². The van der Waals surface area contributed by atoms with Crippen molar-refractivity contribution in [1.82, 2.24) is 9.88 Å². The first-order valence-corrected chi connectivity index (χ1v) is 11.8. The Hall–Kier alpha value is -2.40. The molecule has 164 valence electrons. The molecule has 4 bridgehead atoms. The molecule has 1 aromatic heterocycles. The summed E-state index contributed by atoms with van der Waals surface area (Å²) in [6, 6.07) is 9.36. The minimum absolute atomic E-state index is 0.0113. The number of hydrogen-bond donors (Lipinski definition) is 2. The maximum absolute atomic E-state index is 13.2. The molecule has 6 rings (SSSR count). The zero-order chi connectivity index (χ0) is 21.8. The highest BCUT2D eigenvalue weighted by atomic mass is 16.3. The van der Waals surface area contributed by atoms with E-state index in [0.717, 1.165) is 44.2 Å². The molecule has 2 atom stereocenters. The van der Waals surface area contributed by atoms with E-state index in [1.54, 1.807) is 6.07 Å². The molecule has 5 heteroatoms. The predicted octanol–water partition coefficient (Wildman–Crippen LogP) is 3.97. The third-order valence-corrected chi connectivity index (χ3v) is 7.93. The number of benzene rings is 1. The monoisotopic (exact) mass is 420 g/mol. The first-order valence-electron chi connectivity index (χ1n) is 11.8. The molecule has 4 fully saturated rings. The van der Waals surface area contributed by atoms with Gasteiger partial charge in [-0.05, 0) is 93.0 Å². The summed E-state index contributed by atoms with van der Waals surface area (Å²) in [5, 5.41) is 14.1. The largest absolute Gasteiger partial charge is 0.390 e. The number of aromatic nitrogens is 1. The van der Waals surface area contributed by atoms with Crippen molar-refractivity contribution in [1.29, 1.82) is 0 Å². The first kappa shape index (κ1) is 20.5. The van der Waals surface area contributed by atoms with Crippen molar-refractivity contribution < 1.29 is 14.7 Å². The van der Waals surface area contributed by atoms with Crippen molar-refractivity contribution >= 4 is 11.7 Å². The number of carbonyl (C=O) groups excluding carboxylic acids is 2. The first-order chi connectivity index (χ1) is 14.9. The highest BCUT2D eigenvalue weighted by Gasteiger charge is 2.55. The van der Waals surface area contributed by atoms with Gasteiger partial charge < -0.3 is 15.0 Å². The van der Waals surface area contributed by atoms with Gasteiger partial charge >= 0.3 is 0 Å². The van der Waals surface area contributed by atoms with Gasteiger partial charge in [0.15, 0.2) is 0 Å². The van der Waals surface area contributed by atoms with Crippen LogP contribution in [0.5, 0.6) is 0 Å². The number of rotatable bonds is 6. The second-order valence-electron chi connectivity index (χ2n) is 9.93. The van der Waals surface area contributed by atoms with Gasteiger partial charge in [-0.3, -0.25) is 9.59 Å². The lowest BCUT2D eigenvalue weighted by Crippen LogP contribution is -2.61. The third kappa shape index (κ3) is 3.53. The molecular weight excluding hydrogens is 388 g/mol. The van der Waals surface area contributed by atoms with Gasteiger partial charge in [0.2, 0.25) is 5.78 Å². The van der Waals surface area contributed by atoms with Gasteiger partial charge in [0.25, 0.3) is 5.91 Å². The maximum atomic E-state index is 13.2. The van der Waals surface area contributed by atoms with Crippen LogP contribution in [0.1, 0.15) is 77.9 Å². The van der Waals surface area contributed by atoms with Crippen LogP contribution < -0.4 is 5.32 Å². The Bertz CT molecular complexity index is 1010. The van der Waals surface area contributed by atoms with E-state index in [-0.39, 0.29) is 17.7 Å². The Balaban J connectivity index is 1.36. The molecule has 4 aliphatic rings. The molecule has 4 saturated carbocycles. The van der Waals surface area contributed by atoms with Gasteiger partial charge in [-0.15, -0.1) is 0 Å². The van der Waals surface area contributed by atoms with Crippen LogP contribution in [0.3, 0.4) is 0 Å². The minimum Gasteiger partial charge on any atom is -0.390 e. The molecule has 0 saturated heterocycles. The van der Waals surface area contributed by atoms with Gasteiger partial charge in [0, 0.05) is 29.9 Å². The van der Waals surface area contributed by atoms with Crippen LogP contribution in [0, 0.1) is 17.8 Å². The molecule has 2 aromatic rings. The van der Waals surface area contributed by atoms with E-state index in [1.165, 1.54) is 0 Å². The van der Waals surface area contributed by atoms with E-state index in [2.05, 4.69) is 5.32 Å². The second-order valence-corrected chi connectivity index (χ2v) is 9.93. The second kappa shape index (κ2) is 7.63. The van der Waals surface area contributed by atoms with E-state index in [1.807, 2.05) is 48.9 Å². The number of amides is 1. The number of hydrogen-bond acceptors (Lipinski definition) is 3. The van der Waals surface area contributed by atoms with Crippen LogP contribution in [-0.4, -0.2) is 33.0 Å². The quantitative estimate of drug-likeness (QED) is 0.695. The van der Waals surface area contributed by atoms with E-state index < -0.39 is 5.60 Å². The molecule has 5 nitrogen and oxygen atoms in total. The Kier molecular flexibility index (Phi) is 5.04. The number of nitrogens with zero attached hydrogens (tertiary/aromatic N) is 1. The standard InChI is InChI=1S/C26H32N2O3/c1-3-17-12-18(24(29)22-6-5-9-28(22)4-2)7-8-21(17)25(30)27-23-19-10-16-11-20(23)15-26(31,13-16)14-19/h5-9,12,16,19-20,23,31H,3-4,10-11,13-15H2,1-2H3,(H,27,30). The summed E-state index contributed by atoms with van der Waals surface area (Å²) in [5.74, 6) is 1.33. The van der Waals surface area contributed by atoms with Crippen LogP contribution >= 0.6 is 0 Å². The number of aliphatic hydroxyl groups is 1. The Labute approximate surface area is 183 Å².